The molecule has 108 valence electrons. The Hall–Kier alpha value is -0.690. The van der Waals surface area contributed by atoms with Gasteiger partial charge in [-0.25, -0.2) is 0 Å². The van der Waals surface area contributed by atoms with Crippen molar-refractivity contribution in [3.05, 3.63) is 51.1 Å². The van der Waals surface area contributed by atoms with E-state index in [-0.39, 0.29) is 6.04 Å². The Morgan fingerprint density at radius 2 is 2.05 bits per heavy atom. The van der Waals surface area contributed by atoms with E-state index < -0.39 is 0 Å². The monoisotopic (exact) mass is 401 g/mol. The van der Waals surface area contributed by atoms with Gasteiger partial charge in [-0.2, -0.15) is 0 Å². The number of halogens is 2. The largest absolute Gasteiger partial charge is 0.451 e. The van der Waals surface area contributed by atoms with E-state index in [0.29, 0.717) is 11.2 Å². The van der Waals surface area contributed by atoms with Gasteiger partial charge in [0.2, 0.25) is 0 Å². The van der Waals surface area contributed by atoms with Crippen LogP contribution in [0.15, 0.2) is 44.2 Å². The van der Waals surface area contributed by atoms with E-state index in [4.69, 9.17) is 10.2 Å². The lowest BCUT2D eigenvalue weighted by molar-refractivity contribution is 0.178. The van der Waals surface area contributed by atoms with Crippen molar-refractivity contribution in [2.75, 3.05) is 13.1 Å². The summed E-state index contributed by atoms with van der Waals surface area (Å²) in [6, 6.07) is 6.06. The first-order chi connectivity index (χ1) is 9.65. The summed E-state index contributed by atoms with van der Waals surface area (Å²) in [4.78, 5) is 6.33. The summed E-state index contributed by atoms with van der Waals surface area (Å²) >= 11 is 6.81. The zero-order chi connectivity index (χ0) is 14.5. The van der Waals surface area contributed by atoms with Gasteiger partial charge in [-0.1, -0.05) is 6.92 Å². The third-order valence-electron chi connectivity index (χ3n) is 3.20. The van der Waals surface area contributed by atoms with E-state index in [0.717, 1.165) is 23.3 Å². The van der Waals surface area contributed by atoms with Crippen molar-refractivity contribution in [1.82, 2.24) is 9.88 Å². The van der Waals surface area contributed by atoms with Crippen LogP contribution in [0.2, 0.25) is 0 Å². The van der Waals surface area contributed by atoms with Crippen LogP contribution in [0.4, 0.5) is 0 Å². The molecule has 1 unspecified atom stereocenters. The first-order valence-electron chi connectivity index (χ1n) is 6.43. The van der Waals surface area contributed by atoms with E-state index >= 15 is 0 Å². The highest BCUT2D eigenvalue weighted by atomic mass is 79.9. The van der Waals surface area contributed by atoms with Crippen molar-refractivity contribution in [3.8, 4) is 0 Å². The van der Waals surface area contributed by atoms with Crippen molar-refractivity contribution in [2.45, 2.75) is 19.5 Å². The number of likely N-dealkylation sites (N-methyl/N-ethyl adjacent to an activating group) is 1. The first kappa shape index (κ1) is 15.7. The van der Waals surface area contributed by atoms with Gasteiger partial charge in [-0.15, -0.1) is 0 Å². The lowest BCUT2D eigenvalue weighted by Gasteiger charge is -2.28. The maximum atomic E-state index is 5.95. The average Bonchev–Trinajstić information content (AvgIpc) is 2.79. The molecule has 0 aliphatic heterocycles. The number of nitrogens with zero attached hydrogens (tertiary/aromatic N) is 2. The van der Waals surface area contributed by atoms with E-state index in [1.165, 1.54) is 5.56 Å². The molecule has 2 rings (SSSR count). The van der Waals surface area contributed by atoms with Gasteiger partial charge in [0.25, 0.3) is 0 Å². The number of aromatic nitrogens is 1. The van der Waals surface area contributed by atoms with Crippen molar-refractivity contribution in [3.63, 3.8) is 0 Å². The molecule has 2 aromatic rings. The molecule has 2 N–H and O–H groups in total. The van der Waals surface area contributed by atoms with E-state index in [1.54, 1.807) is 12.4 Å². The molecule has 0 aliphatic rings. The predicted molar refractivity (Wildman–Crippen MR) is 86.2 cm³/mol. The van der Waals surface area contributed by atoms with Gasteiger partial charge < -0.3 is 10.2 Å². The Morgan fingerprint density at radius 1 is 1.35 bits per heavy atom. The first-order valence-corrected chi connectivity index (χ1v) is 8.02. The Kier molecular flexibility index (Phi) is 5.77. The lowest BCUT2D eigenvalue weighted by atomic mass is 10.1. The minimum Gasteiger partial charge on any atom is -0.451 e. The maximum Gasteiger partial charge on any atom is 0.183 e. The molecule has 20 heavy (non-hydrogen) atoms. The van der Waals surface area contributed by atoms with Crippen LogP contribution in [0.5, 0.6) is 0 Å². The summed E-state index contributed by atoms with van der Waals surface area (Å²) < 4.78 is 7.33. The van der Waals surface area contributed by atoms with Gasteiger partial charge in [0.1, 0.15) is 5.76 Å². The van der Waals surface area contributed by atoms with E-state index in [2.05, 4.69) is 48.7 Å². The second-order valence-corrected chi connectivity index (χ2v) is 6.02. The normalized spacial score (nSPS) is 12.8. The summed E-state index contributed by atoms with van der Waals surface area (Å²) in [6.07, 6.45) is 3.61. The molecule has 6 heteroatoms. The highest BCUT2D eigenvalue weighted by molar-refractivity contribution is 9.13. The zero-order valence-electron chi connectivity index (χ0n) is 11.2. The van der Waals surface area contributed by atoms with E-state index in [9.17, 15) is 0 Å². The van der Waals surface area contributed by atoms with Crippen LogP contribution in [0, 0.1) is 0 Å². The van der Waals surface area contributed by atoms with E-state index in [1.807, 2.05) is 18.2 Å². The maximum absolute atomic E-state index is 5.95. The fraction of sp³-hybridized carbons (Fsp3) is 0.357. The van der Waals surface area contributed by atoms with Gasteiger partial charge >= 0.3 is 0 Å². The molecule has 2 aromatic heterocycles. The topological polar surface area (TPSA) is 55.3 Å². The van der Waals surface area contributed by atoms with Gasteiger partial charge in [-0.05, 0) is 62.2 Å². The van der Waals surface area contributed by atoms with Crippen LogP contribution in [-0.2, 0) is 6.54 Å². The van der Waals surface area contributed by atoms with Crippen molar-refractivity contribution < 1.29 is 4.42 Å². The summed E-state index contributed by atoms with van der Waals surface area (Å²) in [6.45, 7) is 4.33. The molecule has 0 spiro atoms. The second kappa shape index (κ2) is 7.36. The number of hydrogen-bond donors (Lipinski definition) is 1. The van der Waals surface area contributed by atoms with Crippen LogP contribution >= 0.6 is 31.9 Å². The molecule has 2 heterocycles. The molecule has 0 aromatic carbocycles. The predicted octanol–water partition coefficient (Wildman–Crippen LogP) is 3.72. The number of pyridine rings is 1. The molecule has 0 aliphatic carbocycles. The standard InChI is InChI=1S/C14H17Br2N3O/c1-2-19(9-10-3-5-18-6-4-10)12(8-17)13-7-11(15)14(16)20-13/h3-7,12H,2,8-9,17H2,1H3. The Morgan fingerprint density at radius 3 is 2.55 bits per heavy atom. The van der Waals surface area contributed by atoms with Crippen LogP contribution in [-0.4, -0.2) is 23.0 Å². The summed E-state index contributed by atoms with van der Waals surface area (Å²) in [5.74, 6) is 0.863. The Balaban J connectivity index is 2.19. The van der Waals surface area contributed by atoms with Gasteiger partial charge in [-0.3, -0.25) is 9.88 Å². The average molecular weight is 403 g/mol. The lowest BCUT2D eigenvalue weighted by Crippen LogP contribution is -2.33. The number of hydrogen-bond acceptors (Lipinski definition) is 4. The van der Waals surface area contributed by atoms with Gasteiger partial charge in [0.05, 0.1) is 10.5 Å². The number of rotatable bonds is 6. The van der Waals surface area contributed by atoms with Crippen LogP contribution in [0.1, 0.15) is 24.3 Å². The van der Waals surface area contributed by atoms with Gasteiger partial charge in [0.15, 0.2) is 4.67 Å². The third-order valence-corrected chi connectivity index (χ3v) is 4.91. The highest BCUT2D eigenvalue weighted by Gasteiger charge is 2.22. The molecule has 0 saturated heterocycles. The quantitative estimate of drug-likeness (QED) is 0.799. The van der Waals surface area contributed by atoms with Crippen molar-refractivity contribution in [1.29, 1.82) is 0 Å². The number of furan rings is 1. The number of nitrogens with two attached hydrogens (primary N) is 1. The third kappa shape index (κ3) is 3.69. The zero-order valence-corrected chi connectivity index (χ0v) is 14.4. The fourth-order valence-corrected chi connectivity index (χ4v) is 2.75. The molecule has 4 nitrogen and oxygen atoms in total. The summed E-state index contributed by atoms with van der Waals surface area (Å²) in [5.41, 5.74) is 7.16. The Labute approximate surface area is 135 Å². The van der Waals surface area contributed by atoms with Crippen LogP contribution in [0.3, 0.4) is 0 Å². The SMILES string of the molecule is CCN(Cc1ccncc1)C(CN)c1cc(Br)c(Br)o1. The molecule has 0 bridgehead atoms. The fourth-order valence-electron chi connectivity index (χ4n) is 2.14. The van der Waals surface area contributed by atoms with Crippen LogP contribution in [0.25, 0.3) is 0 Å². The van der Waals surface area contributed by atoms with Crippen LogP contribution < -0.4 is 5.73 Å². The highest BCUT2D eigenvalue weighted by Crippen LogP contribution is 2.32. The smallest absolute Gasteiger partial charge is 0.183 e. The minimum absolute atomic E-state index is 0.0516. The van der Waals surface area contributed by atoms with Crippen molar-refractivity contribution >= 4 is 31.9 Å². The summed E-state index contributed by atoms with van der Waals surface area (Å²) in [7, 11) is 0. The van der Waals surface area contributed by atoms with Crippen molar-refractivity contribution in [2.24, 2.45) is 5.73 Å². The molecular formula is C14H17Br2N3O. The molecular weight excluding hydrogens is 386 g/mol. The Bertz CT molecular complexity index is 525. The molecule has 1 atom stereocenters. The molecule has 0 amide bonds. The minimum atomic E-state index is 0.0516. The molecule has 0 fully saturated rings. The molecule has 0 radical (unpaired) electrons. The molecule has 0 saturated carbocycles. The summed E-state index contributed by atoms with van der Waals surface area (Å²) in [5, 5.41) is 0. The van der Waals surface area contributed by atoms with Gasteiger partial charge in [0, 0.05) is 25.5 Å². The second-order valence-electron chi connectivity index (χ2n) is 4.44.